The molecular formula is C14H17F2NO. The van der Waals surface area contributed by atoms with E-state index in [-0.39, 0.29) is 6.04 Å². The Morgan fingerprint density at radius 1 is 1.28 bits per heavy atom. The number of rotatable bonds is 2. The maximum atomic E-state index is 13.4. The van der Waals surface area contributed by atoms with E-state index in [1.165, 1.54) is 6.07 Å². The van der Waals surface area contributed by atoms with Crippen molar-refractivity contribution in [3.63, 3.8) is 0 Å². The summed E-state index contributed by atoms with van der Waals surface area (Å²) in [4.78, 5) is 11.9. The molecule has 0 aliphatic heterocycles. The average Bonchev–Trinajstić information content (AvgIpc) is 2.28. The van der Waals surface area contributed by atoms with E-state index in [1.807, 2.05) is 0 Å². The molecule has 2 rings (SSSR count). The zero-order chi connectivity index (χ0) is 13.1. The van der Waals surface area contributed by atoms with Gasteiger partial charge < -0.3 is 5.32 Å². The number of carbonyl (C=O) groups excluding carboxylic acids is 1. The third-order valence-electron chi connectivity index (χ3n) is 3.46. The van der Waals surface area contributed by atoms with Crippen LogP contribution in [-0.2, 0) is 0 Å². The molecule has 0 radical (unpaired) electrons. The van der Waals surface area contributed by atoms with Crippen molar-refractivity contribution in [3.8, 4) is 0 Å². The Balaban J connectivity index is 2.07. The van der Waals surface area contributed by atoms with Crippen LogP contribution in [0.5, 0.6) is 0 Å². The highest BCUT2D eigenvalue weighted by molar-refractivity contribution is 5.94. The van der Waals surface area contributed by atoms with Crippen molar-refractivity contribution in [3.05, 3.63) is 35.4 Å². The Hall–Kier alpha value is -1.45. The first-order valence-corrected chi connectivity index (χ1v) is 6.33. The van der Waals surface area contributed by atoms with Crippen LogP contribution >= 0.6 is 0 Å². The third kappa shape index (κ3) is 2.86. The second-order valence-corrected chi connectivity index (χ2v) is 5.04. The average molecular weight is 253 g/mol. The van der Waals surface area contributed by atoms with Gasteiger partial charge in [-0.25, -0.2) is 8.78 Å². The lowest BCUT2D eigenvalue weighted by molar-refractivity contribution is 0.0913. The summed E-state index contributed by atoms with van der Waals surface area (Å²) in [6.45, 7) is 2.13. The molecule has 0 aromatic heterocycles. The Morgan fingerprint density at radius 2 is 1.94 bits per heavy atom. The van der Waals surface area contributed by atoms with Crippen LogP contribution in [-0.4, -0.2) is 11.9 Å². The molecule has 18 heavy (non-hydrogen) atoms. The van der Waals surface area contributed by atoms with Crippen LogP contribution in [0.2, 0.25) is 0 Å². The van der Waals surface area contributed by atoms with Crippen LogP contribution in [0.3, 0.4) is 0 Å². The molecule has 2 unspecified atom stereocenters. The van der Waals surface area contributed by atoms with Crippen molar-refractivity contribution in [2.45, 2.75) is 38.6 Å². The van der Waals surface area contributed by atoms with Crippen LogP contribution in [0, 0.1) is 17.6 Å². The van der Waals surface area contributed by atoms with Crippen molar-refractivity contribution in [2.24, 2.45) is 5.92 Å². The summed E-state index contributed by atoms with van der Waals surface area (Å²) in [5, 5.41) is 2.73. The number of hydrogen-bond donors (Lipinski definition) is 1. The highest BCUT2D eigenvalue weighted by Gasteiger charge is 2.23. The van der Waals surface area contributed by atoms with E-state index in [2.05, 4.69) is 12.2 Å². The van der Waals surface area contributed by atoms with Gasteiger partial charge in [0.1, 0.15) is 17.2 Å². The van der Waals surface area contributed by atoms with Crippen molar-refractivity contribution in [1.82, 2.24) is 5.32 Å². The zero-order valence-electron chi connectivity index (χ0n) is 10.4. The van der Waals surface area contributed by atoms with Crippen LogP contribution in [0.25, 0.3) is 0 Å². The fourth-order valence-electron chi connectivity index (χ4n) is 2.54. The van der Waals surface area contributed by atoms with E-state index in [0.717, 1.165) is 37.8 Å². The molecule has 1 fully saturated rings. The molecule has 1 aliphatic rings. The Bertz CT molecular complexity index is 427. The largest absolute Gasteiger partial charge is 0.349 e. The van der Waals surface area contributed by atoms with Gasteiger partial charge in [0, 0.05) is 6.04 Å². The van der Waals surface area contributed by atoms with E-state index >= 15 is 0 Å². The molecule has 1 amide bonds. The highest BCUT2D eigenvalue weighted by Crippen LogP contribution is 2.24. The Labute approximate surface area is 105 Å². The van der Waals surface area contributed by atoms with E-state index in [4.69, 9.17) is 0 Å². The van der Waals surface area contributed by atoms with Crippen molar-refractivity contribution >= 4 is 5.91 Å². The third-order valence-corrected chi connectivity index (χ3v) is 3.46. The molecule has 0 heterocycles. The number of halogens is 2. The first-order valence-electron chi connectivity index (χ1n) is 6.33. The van der Waals surface area contributed by atoms with Gasteiger partial charge in [0.15, 0.2) is 0 Å². The second-order valence-electron chi connectivity index (χ2n) is 5.04. The minimum absolute atomic E-state index is 0.0280. The highest BCUT2D eigenvalue weighted by atomic mass is 19.1. The number of benzene rings is 1. The summed E-state index contributed by atoms with van der Waals surface area (Å²) < 4.78 is 26.9. The Morgan fingerprint density at radius 3 is 2.56 bits per heavy atom. The number of nitrogens with one attached hydrogen (secondary N) is 1. The van der Waals surface area contributed by atoms with Crippen molar-refractivity contribution in [1.29, 1.82) is 0 Å². The number of hydrogen-bond acceptors (Lipinski definition) is 1. The second kappa shape index (κ2) is 5.46. The molecular weight excluding hydrogens is 236 g/mol. The molecule has 0 saturated heterocycles. The molecule has 2 atom stereocenters. The van der Waals surface area contributed by atoms with Crippen molar-refractivity contribution < 1.29 is 13.6 Å². The summed E-state index contributed by atoms with van der Waals surface area (Å²) in [6, 6.07) is 3.48. The summed E-state index contributed by atoms with van der Waals surface area (Å²) in [5.74, 6) is -1.72. The van der Waals surface area contributed by atoms with Gasteiger partial charge in [0.2, 0.25) is 0 Å². The summed E-state index contributed by atoms with van der Waals surface area (Å²) in [5.41, 5.74) is -0.476. The van der Waals surface area contributed by atoms with Gasteiger partial charge >= 0.3 is 0 Å². The predicted molar refractivity (Wildman–Crippen MR) is 65.2 cm³/mol. The topological polar surface area (TPSA) is 29.1 Å². The summed E-state index contributed by atoms with van der Waals surface area (Å²) in [7, 11) is 0. The number of amides is 1. The quantitative estimate of drug-likeness (QED) is 0.861. The molecule has 1 N–H and O–H groups in total. The Kier molecular flexibility index (Phi) is 3.94. The van der Waals surface area contributed by atoms with E-state index in [1.54, 1.807) is 0 Å². The van der Waals surface area contributed by atoms with Gasteiger partial charge in [0.05, 0.1) is 0 Å². The van der Waals surface area contributed by atoms with Gasteiger partial charge in [-0.05, 0) is 30.9 Å². The maximum Gasteiger partial charge on any atom is 0.257 e. The van der Waals surface area contributed by atoms with E-state index in [0.29, 0.717) is 5.92 Å². The lowest BCUT2D eigenvalue weighted by Crippen LogP contribution is -2.38. The van der Waals surface area contributed by atoms with Gasteiger partial charge in [-0.15, -0.1) is 0 Å². The van der Waals surface area contributed by atoms with E-state index in [9.17, 15) is 13.6 Å². The molecule has 1 aromatic rings. The maximum absolute atomic E-state index is 13.4. The SMILES string of the molecule is CC1CCCC(NC(=O)c2c(F)cccc2F)C1. The molecule has 1 saturated carbocycles. The van der Waals surface area contributed by atoms with Gasteiger partial charge in [0.25, 0.3) is 5.91 Å². The van der Waals surface area contributed by atoms with Gasteiger partial charge in [-0.2, -0.15) is 0 Å². The molecule has 4 heteroatoms. The minimum Gasteiger partial charge on any atom is -0.349 e. The number of carbonyl (C=O) groups is 1. The lowest BCUT2D eigenvalue weighted by Gasteiger charge is -2.27. The first-order chi connectivity index (χ1) is 8.58. The molecule has 2 nitrogen and oxygen atoms in total. The van der Waals surface area contributed by atoms with Gasteiger partial charge in [-0.1, -0.05) is 25.8 Å². The molecule has 0 spiro atoms. The normalized spacial score (nSPS) is 23.7. The van der Waals surface area contributed by atoms with Crippen LogP contribution < -0.4 is 5.32 Å². The summed E-state index contributed by atoms with van der Waals surface area (Å²) in [6.07, 6.45) is 3.96. The van der Waals surface area contributed by atoms with Gasteiger partial charge in [-0.3, -0.25) is 4.79 Å². The van der Waals surface area contributed by atoms with E-state index < -0.39 is 23.1 Å². The standard InChI is InChI=1S/C14H17F2NO/c1-9-4-2-5-10(8-9)17-14(18)13-11(15)6-3-7-12(13)16/h3,6-7,9-10H,2,4-5,8H2,1H3,(H,17,18). The molecule has 1 aliphatic carbocycles. The fraction of sp³-hybridized carbons (Fsp3) is 0.500. The van der Waals surface area contributed by atoms with Crippen LogP contribution in [0.1, 0.15) is 43.0 Å². The first kappa shape index (κ1) is 13.0. The molecule has 98 valence electrons. The fourth-order valence-corrected chi connectivity index (χ4v) is 2.54. The minimum atomic E-state index is -0.809. The lowest BCUT2D eigenvalue weighted by atomic mass is 9.87. The smallest absolute Gasteiger partial charge is 0.257 e. The van der Waals surface area contributed by atoms with Crippen LogP contribution in [0.15, 0.2) is 18.2 Å². The molecule has 1 aromatic carbocycles. The zero-order valence-corrected chi connectivity index (χ0v) is 10.4. The predicted octanol–water partition coefficient (Wildman–Crippen LogP) is 3.27. The molecule has 0 bridgehead atoms. The summed E-state index contributed by atoms with van der Waals surface area (Å²) >= 11 is 0. The van der Waals surface area contributed by atoms with Crippen molar-refractivity contribution in [2.75, 3.05) is 0 Å². The monoisotopic (exact) mass is 253 g/mol. The van der Waals surface area contributed by atoms with Crippen LogP contribution in [0.4, 0.5) is 8.78 Å².